The highest BCUT2D eigenvalue weighted by Gasteiger charge is 2.38. The summed E-state index contributed by atoms with van der Waals surface area (Å²) in [6.45, 7) is 0. The number of alkyl halides is 6. The fourth-order valence-corrected chi connectivity index (χ4v) is 2.68. The lowest BCUT2D eigenvalue weighted by Crippen LogP contribution is -2.46. The largest absolute Gasteiger partial charge is 0.497 e. The first-order valence-electron chi connectivity index (χ1n) is 6.42. The third-order valence-corrected chi connectivity index (χ3v) is 4.09. The van der Waals surface area contributed by atoms with Gasteiger partial charge in [-0.1, -0.05) is 87.8 Å². The summed E-state index contributed by atoms with van der Waals surface area (Å²) in [5, 5.41) is 5.00. The number of halogens is 6. The second-order valence-corrected chi connectivity index (χ2v) is 9.07. The summed E-state index contributed by atoms with van der Waals surface area (Å²) in [5.74, 6) is 0.739. The van der Waals surface area contributed by atoms with Crippen LogP contribution in [0.5, 0.6) is 5.75 Å². The minimum absolute atomic E-state index is 0.252. The van der Waals surface area contributed by atoms with E-state index in [-0.39, 0.29) is 5.57 Å². The Labute approximate surface area is 169 Å². The average molecular weight is 450 g/mol. The van der Waals surface area contributed by atoms with Crippen LogP contribution >= 0.6 is 69.6 Å². The maximum Gasteiger partial charge on any atom is 0.286 e. The monoisotopic (exact) mass is 447 g/mol. The first-order valence-corrected chi connectivity index (χ1v) is 8.69. The number of benzene rings is 1. The lowest BCUT2D eigenvalue weighted by atomic mass is 10.1. The normalized spacial score (nSPS) is 15.9. The van der Waals surface area contributed by atoms with Crippen molar-refractivity contribution in [2.45, 2.75) is 7.71 Å². The van der Waals surface area contributed by atoms with E-state index in [0.29, 0.717) is 5.70 Å². The zero-order chi connectivity index (χ0) is 18.0. The molecule has 0 amide bonds. The fraction of sp³-hybridized carbons (Fsp3) is 0.214. The number of hydrazine groups is 1. The summed E-state index contributed by atoms with van der Waals surface area (Å²) in [6.07, 6.45) is 4.78. The van der Waals surface area contributed by atoms with Gasteiger partial charge < -0.3 is 4.74 Å². The first kappa shape index (κ1) is 19.8. The van der Waals surface area contributed by atoms with Gasteiger partial charge in [0.2, 0.25) is 3.79 Å². The minimum Gasteiger partial charge on any atom is -0.497 e. The number of nitrogens with one attached hydrogen (secondary N) is 1. The molecule has 0 saturated carbocycles. The molecule has 130 valence electrons. The molecule has 2 rings (SSSR count). The first-order chi connectivity index (χ1) is 11.1. The Kier molecular flexibility index (Phi) is 6.46. The second-order valence-electron chi connectivity index (χ2n) is 4.56. The molecule has 0 saturated heterocycles. The quantitative estimate of drug-likeness (QED) is 0.491. The highest BCUT2D eigenvalue weighted by molar-refractivity contribution is 6.71. The summed E-state index contributed by atoms with van der Waals surface area (Å²) in [4.78, 5) is 0. The molecule has 0 spiro atoms. The van der Waals surface area contributed by atoms with Gasteiger partial charge in [0.1, 0.15) is 5.75 Å². The zero-order valence-corrected chi connectivity index (χ0v) is 16.6. The van der Waals surface area contributed by atoms with Crippen LogP contribution in [0.15, 0.2) is 46.7 Å². The summed E-state index contributed by atoms with van der Waals surface area (Å²) >= 11 is 35.8. The maximum atomic E-state index is 5.99. The Morgan fingerprint density at radius 1 is 1.04 bits per heavy atom. The van der Waals surface area contributed by atoms with E-state index < -0.39 is 7.71 Å². The van der Waals surface area contributed by atoms with Crippen LogP contribution in [0, 0.1) is 0 Å². The Morgan fingerprint density at radius 3 is 2.17 bits per heavy atom. The Bertz CT molecular complexity index is 673. The van der Waals surface area contributed by atoms with Gasteiger partial charge in [0.25, 0.3) is 3.92 Å². The van der Waals surface area contributed by atoms with Gasteiger partial charge in [-0.05, 0) is 23.8 Å². The Morgan fingerprint density at radius 2 is 1.67 bits per heavy atom. The lowest BCUT2D eigenvalue weighted by Gasteiger charge is -2.35. The van der Waals surface area contributed by atoms with Gasteiger partial charge in [-0.2, -0.15) is 5.10 Å². The number of ether oxygens (including phenoxy) is 1. The van der Waals surface area contributed by atoms with Crippen molar-refractivity contribution in [1.82, 2.24) is 10.5 Å². The standard InChI is InChI=1S/C14H11Cl6N3O/c1-24-10-5-2-9(3-6-10)4-7-12-11(13(15,16)17)8-21-22-23(12)14(18,19)20/h2-8,22H,1H3. The van der Waals surface area contributed by atoms with Gasteiger partial charge in [0.05, 0.1) is 19.0 Å². The molecule has 1 aromatic rings. The summed E-state index contributed by atoms with van der Waals surface area (Å²) in [7, 11) is 1.59. The number of hydrogen-bond donors (Lipinski definition) is 1. The number of hydrogen-bond acceptors (Lipinski definition) is 4. The van der Waals surface area contributed by atoms with Gasteiger partial charge in [0, 0.05) is 5.57 Å². The van der Waals surface area contributed by atoms with Crippen LogP contribution in [0.3, 0.4) is 0 Å². The van der Waals surface area contributed by atoms with E-state index in [1.807, 2.05) is 24.3 Å². The number of rotatable bonds is 3. The summed E-state index contributed by atoms with van der Waals surface area (Å²) in [6, 6.07) is 7.35. The highest BCUT2D eigenvalue weighted by atomic mass is 35.6. The van der Waals surface area contributed by atoms with Crippen molar-refractivity contribution in [2.24, 2.45) is 5.10 Å². The number of hydrazone groups is 1. The summed E-state index contributed by atoms with van der Waals surface area (Å²) < 4.78 is 1.51. The topological polar surface area (TPSA) is 36.9 Å². The van der Waals surface area contributed by atoms with Gasteiger partial charge in [-0.3, -0.25) is 0 Å². The van der Waals surface area contributed by atoms with Crippen LogP contribution in [-0.4, -0.2) is 26.0 Å². The van der Waals surface area contributed by atoms with Crippen LogP contribution in [0.1, 0.15) is 5.56 Å². The molecule has 0 aromatic heterocycles. The van der Waals surface area contributed by atoms with E-state index in [1.54, 1.807) is 19.3 Å². The fourth-order valence-electron chi connectivity index (χ4n) is 1.86. The van der Waals surface area contributed by atoms with Gasteiger partial charge in [0.15, 0.2) is 0 Å². The van der Waals surface area contributed by atoms with E-state index in [4.69, 9.17) is 74.3 Å². The van der Waals surface area contributed by atoms with Crippen molar-refractivity contribution in [2.75, 3.05) is 7.11 Å². The van der Waals surface area contributed by atoms with Crippen molar-refractivity contribution < 1.29 is 4.74 Å². The van der Waals surface area contributed by atoms with Gasteiger partial charge in [-0.25, -0.2) is 10.5 Å². The van der Waals surface area contributed by atoms with Crippen LogP contribution in [-0.2, 0) is 0 Å². The molecule has 1 aliphatic heterocycles. The Balaban J connectivity index is 2.43. The lowest BCUT2D eigenvalue weighted by molar-refractivity contribution is 0.254. The van der Waals surface area contributed by atoms with Crippen LogP contribution in [0.2, 0.25) is 0 Å². The van der Waals surface area contributed by atoms with Crippen molar-refractivity contribution in [3.63, 3.8) is 0 Å². The molecule has 24 heavy (non-hydrogen) atoms. The highest BCUT2D eigenvalue weighted by Crippen LogP contribution is 2.41. The van der Waals surface area contributed by atoms with Crippen molar-refractivity contribution in [1.29, 1.82) is 0 Å². The SMILES string of the molecule is COc1ccc(C=CC2=C(C(Cl)(Cl)Cl)C=NNN2C(Cl)(Cl)Cl)cc1. The van der Waals surface area contributed by atoms with Crippen LogP contribution in [0.4, 0.5) is 0 Å². The molecule has 4 nitrogen and oxygen atoms in total. The molecule has 1 aromatic carbocycles. The van der Waals surface area contributed by atoms with Crippen LogP contribution < -0.4 is 10.3 Å². The molecule has 1 N–H and O–H groups in total. The molecule has 0 aliphatic carbocycles. The van der Waals surface area contributed by atoms with E-state index in [0.717, 1.165) is 16.3 Å². The van der Waals surface area contributed by atoms with Gasteiger partial charge in [-0.15, -0.1) is 0 Å². The smallest absolute Gasteiger partial charge is 0.286 e. The Hall–Kier alpha value is -0.490. The van der Waals surface area contributed by atoms with Crippen molar-refractivity contribution in [3.8, 4) is 5.75 Å². The minimum atomic E-state index is -1.85. The molecular formula is C14H11Cl6N3O. The molecule has 1 heterocycles. The van der Waals surface area contributed by atoms with Crippen LogP contribution in [0.25, 0.3) is 6.08 Å². The zero-order valence-electron chi connectivity index (χ0n) is 12.1. The second kappa shape index (κ2) is 7.81. The van der Waals surface area contributed by atoms with E-state index in [2.05, 4.69) is 10.6 Å². The maximum absolute atomic E-state index is 5.99. The molecule has 0 fully saturated rings. The van der Waals surface area contributed by atoms with Crippen molar-refractivity contribution in [3.05, 3.63) is 47.2 Å². The van der Waals surface area contributed by atoms with E-state index in [9.17, 15) is 0 Å². The number of nitrogens with zero attached hydrogens (tertiary/aromatic N) is 2. The molecule has 10 heteroatoms. The predicted molar refractivity (Wildman–Crippen MR) is 103 cm³/mol. The average Bonchev–Trinajstić information content (AvgIpc) is 2.51. The molecule has 0 atom stereocenters. The number of methoxy groups -OCH3 is 1. The van der Waals surface area contributed by atoms with Gasteiger partial charge >= 0.3 is 0 Å². The van der Waals surface area contributed by atoms with E-state index in [1.165, 1.54) is 6.21 Å². The molecule has 1 aliphatic rings. The molecule has 0 unspecified atom stereocenters. The van der Waals surface area contributed by atoms with E-state index >= 15 is 0 Å². The number of allylic oxidation sites excluding steroid dienone is 2. The third-order valence-electron chi connectivity index (χ3n) is 2.98. The van der Waals surface area contributed by atoms with Crippen molar-refractivity contribution >= 4 is 81.9 Å². The predicted octanol–water partition coefficient (Wildman–Crippen LogP) is 5.47. The molecule has 0 bridgehead atoms. The summed E-state index contributed by atoms with van der Waals surface area (Å²) in [5.41, 5.74) is 4.04. The molecular weight excluding hydrogens is 439 g/mol. The molecule has 0 radical (unpaired) electrons. The third kappa shape index (κ3) is 5.01.